The molecular formula is C17H11ClN2O5S. The van der Waals surface area contributed by atoms with E-state index >= 15 is 0 Å². The van der Waals surface area contributed by atoms with Gasteiger partial charge in [0.2, 0.25) is 5.91 Å². The summed E-state index contributed by atoms with van der Waals surface area (Å²) < 4.78 is 4.98. The van der Waals surface area contributed by atoms with Crippen LogP contribution >= 0.6 is 23.4 Å². The molecule has 1 N–H and O–H groups in total. The molecule has 7 nitrogen and oxygen atoms in total. The van der Waals surface area contributed by atoms with E-state index in [9.17, 15) is 19.7 Å². The van der Waals surface area contributed by atoms with Gasteiger partial charge in [0.15, 0.2) is 0 Å². The first-order valence-corrected chi connectivity index (χ1v) is 8.70. The second-order valence-corrected chi connectivity index (χ2v) is 6.59. The van der Waals surface area contributed by atoms with Gasteiger partial charge in [-0.1, -0.05) is 29.8 Å². The van der Waals surface area contributed by atoms with E-state index in [1.165, 1.54) is 6.07 Å². The number of carbonyl (C=O) groups excluding carboxylic acids is 1. The van der Waals surface area contributed by atoms with Crippen molar-refractivity contribution in [2.45, 2.75) is 4.90 Å². The van der Waals surface area contributed by atoms with Gasteiger partial charge in [0, 0.05) is 16.1 Å². The van der Waals surface area contributed by atoms with Crippen LogP contribution < -0.4 is 10.9 Å². The fraction of sp³-hybridized carbons (Fsp3) is 0.0588. The van der Waals surface area contributed by atoms with Crippen LogP contribution in [0.15, 0.2) is 62.6 Å². The van der Waals surface area contributed by atoms with Crippen LogP contribution in [0.5, 0.6) is 0 Å². The highest BCUT2D eigenvalue weighted by molar-refractivity contribution is 8.00. The second-order valence-electron chi connectivity index (χ2n) is 5.17. The highest BCUT2D eigenvalue weighted by Crippen LogP contribution is 2.33. The van der Waals surface area contributed by atoms with Gasteiger partial charge in [-0.15, -0.1) is 11.8 Å². The molecule has 1 amide bonds. The van der Waals surface area contributed by atoms with E-state index in [-0.39, 0.29) is 22.1 Å². The number of nitrogens with zero attached hydrogens (tertiary/aromatic N) is 1. The molecule has 3 aromatic rings. The highest BCUT2D eigenvalue weighted by Gasteiger charge is 2.25. The van der Waals surface area contributed by atoms with Crippen LogP contribution in [0.1, 0.15) is 0 Å². The largest absolute Gasteiger partial charge is 0.418 e. The summed E-state index contributed by atoms with van der Waals surface area (Å²) in [6, 6.07) is 13.1. The number of thioether (sulfide) groups is 1. The minimum absolute atomic E-state index is 0.100. The second kappa shape index (κ2) is 7.59. The Bertz CT molecular complexity index is 1070. The number of carbonyl (C=O) groups is 1. The summed E-state index contributed by atoms with van der Waals surface area (Å²) in [5.41, 5.74) is -0.994. The van der Waals surface area contributed by atoms with Crippen LogP contribution in [-0.2, 0) is 4.79 Å². The molecular weight excluding hydrogens is 380 g/mol. The molecule has 3 rings (SSSR count). The fourth-order valence-electron chi connectivity index (χ4n) is 2.32. The maximum Gasteiger partial charge on any atom is 0.416 e. The number of nitro groups is 1. The van der Waals surface area contributed by atoms with E-state index in [1.807, 2.05) is 0 Å². The van der Waals surface area contributed by atoms with E-state index < -0.39 is 16.2 Å². The van der Waals surface area contributed by atoms with Crippen molar-refractivity contribution in [1.29, 1.82) is 0 Å². The molecule has 0 aliphatic heterocycles. The van der Waals surface area contributed by atoms with Crippen molar-refractivity contribution in [2.24, 2.45) is 0 Å². The fourth-order valence-corrected chi connectivity index (χ4v) is 3.47. The lowest BCUT2D eigenvalue weighted by Gasteiger charge is -2.07. The first-order valence-electron chi connectivity index (χ1n) is 7.34. The predicted molar refractivity (Wildman–Crippen MR) is 99.9 cm³/mol. The molecule has 26 heavy (non-hydrogen) atoms. The van der Waals surface area contributed by atoms with Crippen molar-refractivity contribution in [3.63, 3.8) is 0 Å². The van der Waals surface area contributed by atoms with Gasteiger partial charge in [-0.3, -0.25) is 14.9 Å². The third-order valence-electron chi connectivity index (χ3n) is 3.38. The number of benzene rings is 2. The number of anilines is 1. The lowest BCUT2D eigenvalue weighted by molar-refractivity contribution is -0.390. The van der Waals surface area contributed by atoms with Crippen LogP contribution in [-0.4, -0.2) is 16.6 Å². The molecule has 0 bridgehead atoms. The Morgan fingerprint density at radius 1 is 1.23 bits per heavy atom. The molecule has 0 radical (unpaired) electrons. The number of hydrogen-bond acceptors (Lipinski definition) is 6. The van der Waals surface area contributed by atoms with Gasteiger partial charge in [-0.25, -0.2) is 4.79 Å². The summed E-state index contributed by atoms with van der Waals surface area (Å²) in [7, 11) is 0. The Balaban J connectivity index is 1.88. The van der Waals surface area contributed by atoms with Gasteiger partial charge < -0.3 is 9.73 Å². The molecule has 1 heterocycles. The molecule has 0 saturated carbocycles. The van der Waals surface area contributed by atoms with Gasteiger partial charge in [-0.05, 0) is 30.3 Å². The summed E-state index contributed by atoms with van der Waals surface area (Å²) in [4.78, 5) is 34.7. The molecule has 0 unspecified atom stereocenters. The average Bonchev–Trinajstić information content (AvgIpc) is 2.59. The molecule has 0 atom stereocenters. The zero-order valence-corrected chi connectivity index (χ0v) is 14.7. The highest BCUT2D eigenvalue weighted by atomic mass is 35.5. The van der Waals surface area contributed by atoms with Crippen molar-refractivity contribution in [2.75, 3.05) is 11.1 Å². The average molecular weight is 391 g/mol. The third kappa shape index (κ3) is 3.87. The summed E-state index contributed by atoms with van der Waals surface area (Å²) in [6.07, 6.45) is 0. The van der Waals surface area contributed by atoms with Crippen LogP contribution in [0, 0.1) is 10.1 Å². The van der Waals surface area contributed by atoms with Crippen LogP contribution in [0.4, 0.5) is 11.4 Å². The van der Waals surface area contributed by atoms with Gasteiger partial charge in [0.05, 0.1) is 10.7 Å². The van der Waals surface area contributed by atoms with Gasteiger partial charge in [-0.2, -0.15) is 0 Å². The van der Waals surface area contributed by atoms with Crippen LogP contribution in [0.3, 0.4) is 0 Å². The third-order valence-corrected chi connectivity index (χ3v) is 4.72. The first kappa shape index (κ1) is 18.0. The molecule has 0 aliphatic rings. The maximum atomic E-state index is 12.2. The Morgan fingerprint density at radius 2 is 2.00 bits per heavy atom. The molecule has 2 aromatic carbocycles. The number of rotatable bonds is 5. The van der Waals surface area contributed by atoms with E-state index in [2.05, 4.69) is 5.32 Å². The quantitative estimate of drug-likeness (QED) is 0.304. The minimum Gasteiger partial charge on any atom is -0.418 e. The summed E-state index contributed by atoms with van der Waals surface area (Å²) >= 11 is 6.77. The molecule has 132 valence electrons. The molecule has 0 fully saturated rings. The van der Waals surface area contributed by atoms with Crippen molar-refractivity contribution in [3.05, 3.63) is 74.1 Å². The van der Waals surface area contributed by atoms with E-state index in [0.717, 1.165) is 11.8 Å². The Hall–Kier alpha value is -2.84. The number of fused-ring (bicyclic) bond motifs is 1. The number of nitrogens with one attached hydrogen (secondary N) is 1. The lowest BCUT2D eigenvalue weighted by atomic mass is 10.2. The predicted octanol–water partition coefficient (Wildman–Crippen LogP) is 4.09. The van der Waals surface area contributed by atoms with Crippen molar-refractivity contribution in [3.8, 4) is 0 Å². The lowest BCUT2D eigenvalue weighted by Crippen LogP contribution is -2.15. The van der Waals surface area contributed by atoms with E-state index in [4.69, 9.17) is 16.0 Å². The summed E-state index contributed by atoms with van der Waals surface area (Å²) in [6.45, 7) is 0. The zero-order chi connectivity index (χ0) is 18.7. The minimum atomic E-state index is -1.05. The number of halogens is 1. The Morgan fingerprint density at radius 3 is 2.73 bits per heavy atom. The summed E-state index contributed by atoms with van der Waals surface area (Å²) in [5, 5.41) is 14.8. The van der Waals surface area contributed by atoms with Crippen molar-refractivity contribution < 1.29 is 14.1 Å². The van der Waals surface area contributed by atoms with E-state index in [1.54, 1.807) is 42.5 Å². The van der Waals surface area contributed by atoms with Gasteiger partial charge in [0.25, 0.3) is 0 Å². The van der Waals surface area contributed by atoms with Crippen molar-refractivity contribution >= 4 is 51.6 Å². The summed E-state index contributed by atoms with van der Waals surface area (Å²) in [5.74, 6) is -0.509. The van der Waals surface area contributed by atoms with Crippen LogP contribution in [0.25, 0.3) is 11.0 Å². The molecule has 1 aromatic heterocycles. The SMILES string of the molecule is O=C(CSc1c([N+](=O)[O-])c(=O)oc2ccccc12)Nc1cccc(Cl)c1. The van der Waals surface area contributed by atoms with Crippen molar-refractivity contribution in [1.82, 2.24) is 0 Å². The zero-order valence-electron chi connectivity index (χ0n) is 13.1. The number of para-hydroxylation sites is 1. The molecule has 0 saturated heterocycles. The Labute approximate surface area is 156 Å². The normalized spacial score (nSPS) is 10.7. The van der Waals surface area contributed by atoms with Gasteiger partial charge in [0.1, 0.15) is 10.5 Å². The maximum absolute atomic E-state index is 12.2. The standard InChI is InChI=1S/C17H11ClN2O5S/c18-10-4-3-5-11(8-10)19-14(21)9-26-16-12-6-1-2-7-13(12)25-17(22)15(16)20(23)24/h1-8H,9H2,(H,19,21). The van der Waals surface area contributed by atoms with Crippen LogP contribution in [0.2, 0.25) is 5.02 Å². The number of amides is 1. The Kier molecular flexibility index (Phi) is 5.24. The molecule has 9 heteroatoms. The van der Waals surface area contributed by atoms with E-state index in [0.29, 0.717) is 16.1 Å². The number of hydrogen-bond donors (Lipinski definition) is 1. The monoisotopic (exact) mass is 390 g/mol. The molecule has 0 spiro atoms. The molecule has 0 aliphatic carbocycles. The topological polar surface area (TPSA) is 102 Å². The van der Waals surface area contributed by atoms with Gasteiger partial charge >= 0.3 is 11.3 Å². The smallest absolute Gasteiger partial charge is 0.416 e. The first-order chi connectivity index (χ1) is 12.5.